The maximum Gasteiger partial charge on any atom is 0.220 e. The number of halogens is 1. The summed E-state index contributed by atoms with van der Waals surface area (Å²) in [5.41, 5.74) is 1.74. The van der Waals surface area contributed by atoms with E-state index in [2.05, 4.69) is 10.3 Å². The van der Waals surface area contributed by atoms with E-state index in [1.807, 2.05) is 6.07 Å². The fourth-order valence-electron chi connectivity index (χ4n) is 2.17. The van der Waals surface area contributed by atoms with E-state index < -0.39 is 6.04 Å². The minimum atomic E-state index is -0.441. The van der Waals surface area contributed by atoms with Crippen molar-refractivity contribution >= 4 is 17.5 Å². The van der Waals surface area contributed by atoms with Gasteiger partial charge in [0.2, 0.25) is 5.91 Å². The Labute approximate surface area is 140 Å². The second-order valence-electron chi connectivity index (χ2n) is 5.09. The van der Waals surface area contributed by atoms with Gasteiger partial charge >= 0.3 is 0 Å². The van der Waals surface area contributed by atoms with Crippen LogP contribution in [-0.2, 0) is 11.2 Å². The lowest BCUT2D eigenvalue weighted by atomic mass is 10.1. The molecule has 1 aromatic carbocycles. The third-order valence-electron chi connectivity index (χ3n) is 3.44. The third-order valence-corrected chi connectivity index (χ3v) is 3.69. The predicted octanol–water partition coefficient (Wildman–Crippen LogP) is 2.53. The highest BCUT2D eigenvalue weighted by molar-refractivity contribution is 6.30. The van der Waals surface area contributed by atoms with Crippen molar-refractivity contribution in [2.24, 2.45) is 0 Å². The highest BCUT2D eigenvalue weighted by Crippen LogP contribution is 2.17. The maximum absolute atomic E-state index is 12.1. The summed E-state index contributed by atoms with van der Waals surface area (Å²) in [5.74, 6) is 0.527. The zero-order chi connectivity index (χ0) is 16.7. The first kappa shape index (κ1) is 17.2. The molecule has 0 bridgehead atoms. The lowest BCUT2D eigenvalue weighted by molar-refractivity contribution is -0.122. The molecule has 0 saturated carbocycles. The van der Waals surface area contributed by atoms with Crippen molar-refractivity contribution in [3.05, 3.63) is 58.9 Å². The number of carbonyl (C=O) groups excluding carboxylic acids is 1. The zero-order valence-corrected chi connectivity index (χ0v) is 13.6. The number of aryl methyl sites for hydroxylation is 1. The molecular weight excluding hydrogens is 316 g/mol. The highest BCUT2D eigenvalue weighted by atomic mass is 35.5. The molecule has 1 heterocycles. The summed E-state index contributed by atoms with van der Waals surface area (Å²) in [7, 11) is 1.57. The minimum Gasteiger partial charge on any atom is -0.495 e. The lowest BCUT2D eigenvalue weighted by Crippen LogP contribution is -2.30. The summed E-state index contributed by atoms with van der Waals surface area (Å²) in [5, 5.41) is 12.9. The molecule has 122 valence electrons. The molecule has 0 aliphatic carbocycles. The Bertz CT molecular complexity index is 647. The number of nitrogens with zero attached hydrogens (tertiary/aromatic N) is 1. The molecule has 0 aliphatic rings. The van der Waals surface area contributed by atoms with Crippen LogP contribution in [0, 0.1) is 0 Å². The predicted molar refractivity (Wildman–Crippen MR) is 88.5 cm³/mol. The van der Waals surface area contributed by atoms with Gasteiger partial charge in [-0.3, -0.25) is 9.78 Å². The van der Waals surface area contributed by atoms with Crippen LogP contribution >= 0.6 is 11.6 Å². The van der Waals surface area contributed by atoms with E-state index in [1.165, 1.54) is 0 Å². The van der Waals surface area contributed by atoms with E-state index in [1.54, 1.807) is 43.8 Å². The molecular formula is C17H19ClN2O3. The van der Waals surface area contributed by atoms with E-state index in [4.69, 9.17) is 16.3 Å². The Hall–Kier alpha value is -2.11. The average Bonchev–Trinajstić information content (AvgIpc) is 2.59. The van der Waals surface area contributed by atoms with Gasteiger partial charge in [-0.15, -0.1) is 0 Å². The van der Waals surface area contributed by atoms with Gasteiger partial charge < -0.3 is 15.2 Å². The molecule has 2 rings (SSSR count). The van der Waals surface area contributed by atoms with Crippen LogP contribution in [0.1, 0.15) is 23.6 Å². The van der Waals surface area contributed by atoms with Crippen molar-refractivity contribution in [3.8, 4) is 5.75 Å². The topological polar surface area (TPSA) is 71.5 Å². The van der Waals surface area contributed by atoms with Crippen LogP contribution in [0.25, 0.3) is 0 Å². The van der Waals surface area contributed by atoms with E-state index in [0.717, 1.165) is 11.1 Å². The van der Waals surface area contributed by atoms with Crippen molar-refractivity contribution in [1.29, 1.82) is 0 Å². The molecule has 1 aromatic heterocycles. The number of rotatable bonds is 7. The van der Waals surface area contributed by atoms with E-state index in [9.17, 15) is 9.90 Å². The summed E-state index contributed by atoms with van der Waals surface area (Å²) in [4.78, 5) is 16.1. The summed E-state index contributed by atoms with van der Waals surface area (Å²) >= 11 is 5.84. The van der Waals surface area contributed by atoms with Crippen molar-refractivity contribution in [1.82, 2.24) is 10.3 Å². The van der Waals surface area contributed by atoms with Gasteiger partial charge in [0, 0.05) is 17.6 Å². The molecule has 1 amide bonds. The van der Waals surface area contributed by atoms with Gasteiger partial charge in [0.25, 0.3) is 0 Å². The second kappa shape index (κ2) is 8.50. The van der Waals surface area contributed by atoms with Gasteiger partial charge in [0.1, 0.15) is 5.75 Å². The van der Waals surface area contributed by atoms with Crippen LogP contribution < -0.4 is 10.1 Å². The van der Waals surface area contributed by atoms with Crippen molar-refractivity contribution in [3.63, 3.8) is 0 Å². The van der Waals surface area contributed by atoms with E-state index in [-0.39, 0.29) is 12.5 Å². The normalized spacial score (nSPS) is 11.8. The standard InChI is InChI=1S/C17H19ClN2O3/c1-23-15-8-12(9-19-10-15)2-7-17(22)20-16(11-21)13-3-5-14(18)6-4-13/h3-6,8-10,16,21H,2,7,11H2,1H3,(H,20,22). The maximum atomic E-state index is 12.1. The smallest absolute Gasteiger partial charge is 0.220 e. The van der Waals surface area contributed by atoms with Crippen LogP contribution in [0.3, 0.4) is 0 Å². The van der Waals surface area contributed by atoms with E-state index in [0.29, 0.717) is 23.6 Å². The zero-order valence-electron chi connectivity index (χ0n) is 12.8. The largest absolute Gasteiger partial charge is 0.495 e. The fourth-order valence-corrected chi connectivity index (χ4v) is 2.29. The first-order chi connectivity index (χ1) is 11.1. The molecule has 2 N–H and O–H groups in total. The van der Waals surface area contributed by atoms with Crippen LogP contribution in [0.5, 0.6) is 5.75 Å². The number of nitrogens with one attached hydrogen (secondary N) is 1. The third kappa shape index (κ3) is 5.23. The number of hydrogen-bond donors (Lipinski definition) is 2. The molecule has 5 nitrogen and oxygen atoms in total. The highest BCUT2D eigenvalue weighted by Gasteiger charge is 2.13. The summed E-state index contributed by atoms with van der Waals surface area (Å²) in [6, 6.07) is 8.44. The number of aromatic nitrogens is 1. The Morgan fingerprint density at radius 1 is 1.35 bits per heavy atom. The SMILES string of the molecule is COc1cncc(CCC(=O)NC(CO)c2ccc(Cl)cc2)c1. The van der Waals surface area contributed by atoms with Gasteiger partial charge in [0.05, 0.1) is 26.0 Å². The van der Waals surface area contributed by atoms with Crippen molar-refractivity contribution in [2.75, 3.05) is 13.7 Å². The molecule has 1 unspecified atom stereocenters. The Balaban J connectivity index is 1.90. The number of carbonyl (C=O) groups is 1. The van der Waals surface area contributed by atoms with Crippen molar-refractivity contribution < 1.29 is 14.6 Å². The lowest BCUT2D eigenvalue weighted by Gasteiger charge is -2.17. The number of pyridine rings is 1. The van der Waals surface area contributed by atoms with Gasteiger partial charge in [-0.05, 0) is 35.7 Å². The molecule has 0 spiro atoms. The summed E-state index contributed by atoms with van der Waals surface area (Å²) in [6.07, 6.45) is 4.18. The quantitative estimate of drug-likeness (QED) is 0.816. The van der Waals surface area contributed by atoms with Gasteiger partial charge in [-0.2, -0.15) is 0 Å². The molecule has 2 aromatic rings. The number of amides is 1. The number of hydrogen-bond acceptors (Lipinski definition) is 4. The van der Waals surface area contributed by atoms with Gasteiger partial charge in [-0.1, -0.05) is 23.7 Å². The monoisotopic (exact) mass is 334 g/mol. The number of benzene rings is 1. The van der Waals surface area contributed by atoms with Crippen LogP contribution in [0.2, 0.25) is 5.02 Å². The summed E-state index contributed by atoms with van der Waals surface area (Å²) < 4.78 is 5.10. The minimum absolute atomic E-state index is 0.137. The number of aliphatic hydroxyl groups is 1. The Kier molecular flexibility index (Phi) is 6.38. The molecule has 23 heavy (non-hydrogen) atoms. The first-order valence-electron chi connectivity index (χ1n) is 7.26. The molecule has 0 radical (unpaired) electrons. The first-order valence-corrected chi connectivity index (χ1v) is 7.63. The molecule has 0 fully saturated rings. The molecule has 6 heteroatoms. The van der Waals surface area contributed by atoms with Gasteiger partial charge in [-0.25, -0.2) is 0 Å². The Morgan fingerprint density at radius 3 is 2.74 bits per heavy atom. The average molecular weight is 335 g/mol. The van der Waals surface area contributed by atoms with E-state index >= 15 is 0 Å². The second-order valence-corrected chi connectivity index (χ2v) is 5.52. The molecule has 1 atom stereocenters. The number of methoxy groups -OCH3 is 1. The number of ether oxygens (including phenoxy) is 1. The molecule has 0 saturated heterocycles. The fraction of sp³-hybridized carbons (Fsp3) is 0.294. The Morgan fingerprint density at radius 2 is 2.09 bits per heavy atom. The van der Waals surface area contributed by atoms with Crippen molar-refractivity contribution in [2.45, 2.75) is 18.9 Å². The summed E-state index contributed by atoms with van der Waals surface area (Å²) in [6.45, 7) is -0.173. The number of aliphatic hydroxyl groups excluding tert-OH is 1. The van der Waals surface area contributed by atoms with Gasteiger partial charge in [0.15, 0.2) is 0 Å². The van der Waals surface area contributed by atoms with Crippen LogP contribution in [0.15, 0.2) is 42.7 Å². The van der Waals surface area contributed by atoms with Crippen LogP contribution in [-0.4, -0.2) is 29.7 Å². The van der Waals surface area contributed by atoms with Crippen LogP contribution in [0.4, 0.5) is 0 Å². The molecule has 0 aliphatic heterocycles.